The number of likely N-dealkylation sites (tertiary alicyclic amines) is 1. The number of anilines is 2. The molecule has 0 aliphatic carbocycles. The van der Waals surface area contributed by atoms with Gasteiger partial charge in [-0.05, 0) is 25.0 Å². The first-order valence-electron chi connectivity index (χ1n) is 6.24. The molecule has 4 nitrogen and oxygen atoms in total. The van der Waals surface area contributed by atoms with Gasteiger partial charge in [-0.25, -0.2) is 0 Å². The van der Waals surface area contributed by atoms with E-state index in [-0.39, 0.29) is 5.91 Å². The predicted octanol–water partition coefficient (Wildman–Crippen LogP) is 2.35. The van der Waals surface area contributed by atoms with Gasteiger partial charge in [0.2, 0.25) is 5.91 Å². The molecular formula is C13H18ClN3O. The molecule has 0 aromatic heterocycles. The summed E-state index contributed by atoms with van der Waals surface area (Å²) in [4.78, 5) is 13.7. The first kappa shape index (κ1) is 13.0. The minimum absolute atomic E-state index is 0.200. The maximum absolute atomic E-state index is 11.8. The Hall–Kier alpha value is -1.42. The number of benzene rings is 1. The van der Waals surface area contributed by atoms with Crippen molar-refractivity contribution >= 4 is 28.9 Å². The lowest BCUT2D eigenvalue weighted by molar-refractivity contribution is -0.129. The molecule has 0 saturated carbocycles. The highest BCUT2D eigenvalue weighted by molar-refractivity contribution is 6.33. The van der Waals surface area contributed by atoms with E-state index < -0.39 is 0 Å². The fourth-order valence-electron chi connectivity index (χ4n) is 2.15. The third-order valence-corrected chi connectivity index (χ3v) is 3.46. The van der Waals surface area contributed by atoms with Gasteiger partial charge in [-0.1, -0.05) is 17.7 Å². The number of para-hydroxylation sites is 1. The number of nitrogens with zero attached hydrogens (tertiary/aromatic N) is 1. The molecule has 1 aromatic carbocycles. The van der Waals surface area contributed by atoms with Crippen LogP contribution in [0.2, 0.25) is 5.02 Å². The third-order valence-electron chi connectivity index (χ3n) is 3.15. The fourth-order valence-corrected chi connectivity index (χ4v) is 2.40. The lowest BCUT2D eigenvalue weighted by Crippen LogP contribution is -2.29. The van der Waals surface area contributed by atoms with Gasteiger partial charge in [0.25, 0.3) is 0 Å². The van der Waals surface area contributed by atoms with Gasteiger partial charge in [-0.3, -0.25) is 4.79 Å². The van der Waals surface area contributed by atoms with E-state index in [0.29, 0.717) is 29.4 Å². The van der Waals surface area contributed by atoms with Crippen LogP contribution in [0.1, 0.15) is 19.3 Å². The topological polar surface area (TPSA) is 58.4 Å². The summed E-state index contributed by atoms with van der Waals surface area (Å²) in [6.07, 6.45) is 2.72. The molecule has 1 aliphatic rings. The monoisotopic (exact) mass is 267 g/mol. The van der Waals surface area contributed by atoms with Gasteiger partial charge in [0.1, 0.15) is 0 Å². The van der Waals surface area contributed by atoms with Crippen LogP contribution in [0.3, 0.4) is 0 Å². The molecule has 0 bridgehead atoms. The van der Waals surface area contributed by atoms with Gasteiger partial charge in [-0.15, -0.1) is 0 Å². The van der Waals surface area contributed by atoms with Crippen LogP contribution < -0.4 is 11.1 Å². The zero-order valence-electron chi connectivity index (χ0n) is 10.3. The molecule has 0 atom stereocenters. The Morgan fingerprint density at radius 2 is 2.11 bits per heavy atom. The van der Waals surface area contributed by atoms with Crippen molar-refractivity contribution < 1.29 is 4.79 Å². The highest BCUT2D eigenvalue weighted by Gasteiger charge is 2.17. The van der Waals surface area contributed by atoms with E-state index in [1.807, 2.05) is 4.90 Å². The van der Waals surface area contributed by atoms with Crippen LogP contribution in [0.15, 0.2) is 18.2 Å². The molecular weight excluding hydrogens is 250 g/mol. The maximum atomic E-state index is 11.8. The van der Waals surface area contributed by atoms with E-state index in [9.17, 15) is 4.79 Å². The first-order valence-corrected chi connectivity index (χ1v) is 6.62. The quantitative estimate of drug-likeness (QED) is 0.824. The van der Waals surface area contributed by atoms with Crippen LogP contribution in [0.25, 0.3) is 0 Å². The summed E-state index contributed by atoms with van der Waals surface area (Å²) in [5, 5.41) is 3.72. The highest BCUT2D eigenvalue weighted by atomic mass is 35.5. The van der Waals surface area contributed by atoms with E-state index in [4.69, 9.17) is 17.3 Å². The highest BCUT2D eigenvalue weighted by Crippen LogP contribution is 2.27. The standard InChI is InChI=1S/C13H18ClN3O/c14-10-4-3-5-11(15)13(10)16-7-6-12(18)17-8-1-2-9-17/h3-5,16H,1-2,6-9,15H2. The number of carbonyl (C=O) groups excluding carboxylic acids is 1. The molecule has 5 heteroatoms. The van der Waals surface area contributed by atoms with Gasteiger partial charge < -0.3 is 16.0 Å². The second-order valence-electron chi connectivity index (χ2n) is 4.47. The summed E-state index contributed by atoms with van der Waals surface area (Å²) in [6, 6.07) is 5.37. The molecule has 1 amide bonds. The van der Waals surface area contributed by atoms with Crippen molar-refractivity contribution in [2.45, 2.75) is 19.3 Å². The number of halogens is 1. The van der Waals surface area contributed by atoms with Crippen molar-refractivity contribution in [3.63, 3.8) is 0 Å². The zero-order chi connectivity index (χ0) is 13.0. The molecule has 1 fully saturated rings. The third kappa shape index (κ3) is 3.07. The summed E-state index contributed by atoms with van der Waals surface area (Å²) >= 11 is 6.03. The average molecular weight is 268 g/mol. The molecule has 0 radical (unpaired) electrons. The Labute approximate surface area is 112 Å². The first-order chi connectivity index (χ1) is 8.68. The minimum Gasteiger partial charge on any atom is -0.397 e. The number of nitrogen functional groups attached to an aromatic ring is 1. The predicted molar refractivity (Wildman–Crippen MR) is 74.8 cm³/mol. The number of amides is 1. The molecule has 2 rings (SSSR count). The maximum Gasteiger partial charge on any atom is 0.224 e. The number of hydrogen-bond acceptors (Lipinski definition) is 3. The fraction of sp³-hybridized carbons (Fsp3) is 0.462. The Kier molecular flexibility index (Phi) is 4.31. The summed E-state index contributed by atoms with van der Waals surface area (Å²) in [5.74, 6) is 0.200. The van der Waals surface area contributed by atoms with Gasteiger partial charge in [0, 0.05) is 26.1 Å². The summed E-state index contributed by atoms with van der Waals surface area (Å²) in [6.45, 7) is 2.35. The van der Waals surface area contributed by atoms with Crippen molar-refractivity contribution in [1.29, 1.82) is 0 Å². The van der Waals surface area contributed by atoms with E-state index in [2.05, 4.69) is 5.32 Å². The van der Waals surface area contributed by atoms with Crippen LogP contribution in [0.4, 0.5) is 11.4 Å². The molecule has 0 unspecified atom stereocenters. The number of hydrogen-bond donors (Lipinski definition) is 2. The molecule has 1 aromatic rings. The summed E-state index contributed by atoms with van der Waals surface area (Å²) < 4.78 is 0. The van der Waals surface area contributed by atoms with Crippen molar-refractivity contribution in [3.05, 3.63) is 23.2 Å². The Morgan fingerprint density at radius 1 is 1.39 bits per heavy atom. The second-order valence-corrected chi connectivity index (χ2v) is 4.88. The number of nitrogens with one attached hydrogen (secondary N) is 1. The van der Waals surface area contributed by atoms with Crippen LogP contribution in [0.5, 0.6) is 0 Å². The van der Waals surface area contributed by atoms with Crippen LogP contribution in [-0.2, 0) is 4.79 Å². The van der Waals surface area contributed by atoms with Crippen LogP contribution >= 0.6 is 11.6 Å². The zero-order valence-corrected chi connectivity index (χ0v) is 11.0. The lowest BCUT2D eigenvalue weighted by atomic mass is 10.2. The van der Waals surface area contributed by atoms with Crippen molar-refractivity contribution in [2.24, 2.45) is 0 Å². The van der Waals surface area contributed by atoms with Crippen LogP contribution in [-0.4, -0.2) is 30.4 Å². The smallest absolute Gasteiger partial charge is 0.224 e. The summed E-state index contributed by atoms with van der Waals surface area (Å²) in [5.41, 5.74) is 7.14. The second kappa shape index (κ2) is 5.96. The normalized spacial score (nSPS) is 14.8. The molecule has 1 heterocycles. The molecule has 3 N–H and O–H groups in total. The van der Waals surface area contributed by atoms with Crippen LogP contribution in [0, 0.1) is 0 Å². The van der Waals surface area contributed by atoms with E-state index in [1.165, 1.54) is 0 Å². The molecule has 0 spiro atoms. The molecule has 18 heavy (non-hydrogen) atoms. The number of rotatable bonds is 4. The number of nitrogens with two attached hydrogens (primary N) is 1. The van der Waals surface area contributed by atoms with Crippen molar-refractivity contribution in [1.82, 2.24) is 4.90 Å². The number of carbonyl (C=O) groups is 1. The van der Waals surface area contributed by atoms with Gasteiger partial charge >= 0.3 is 0 Å². The Bertz CT molecular complexity index is 410. The Morgan fingerprint density at radius 3 is 2.78 bits per heavy atom. The van der Waals surface area contributed by atoms with E-state index in [1.54, 1.807) is 18.2 Å². The van der Waals surface area contributed by atoms with Gasteiger partial charge in [0.15, 0.2) is 0 Å². The molecule has 1 aliphatic heterocycles. The summed E-state index contributed by atoms with van der Waals surface area (Å²) in [7, 11) is 0. The van der Waals surface area contributed by atoms with E-state index >= 15 is 0 Å². The van der Waals surface area contributed by atoms with Gasteiger partial charge in [-0.2, -0.15) is 0 Å². The van der Waals surface area contributed by atoms with Gasteiger partial charge in [0.05, 0.1) is 16.4 Å². The molecule has 1 saturated heterocycles. The SMILES string of the molecule is Nc1cccc(Cl)c1NCCC(=O)N1CCCC1. The Balaban J connectivity index is 1.83. The largest absolute Gasteiger partial charge is 0.397 e. The lowest BCUT2D eigenvalue weighted by Gasteiger charge is -2.16. The minimum atomic E-state index is 0.200. The average Bonchev–Trinajstić information content (AvgIpc) is 2.86. The van der Waals surface area contributed by atoms with E-state index in [0.717, 1.165) is 25.9 Å². The molecule has 98 valence electrons. The van der Waals surface area contributed by atoms with Crippen molar-refractivity contribution in [3.8, 4) is 0 Å². The van der Waals surface area contributed by atoms with Crippen molar-refractivity contribution in [2.75, 3.05) is 30.7 Å².